The fourth-order valence-corrected chi connectivity index (χ4v) is 3.01. The molecule has 142 valence electrons. The number of aryl methyl sites for hydroxylation is 1. The van der Waals surface area contributed by atoms with Gasteiger partial charge in [-0.15, -0.1) is 0 Å². The van der Waals surface area contributed by atoms with Gasteiger partial charge in [0.05, 0.1) is 17.7 Å². The second kappa shape index (κ2) is 8.39. The van der Waals surface area contributed by atoms with Crippen LogP contribution in [0.4, 0.5) is 10.5 Å². The molecule has 0 unspecified atom stereocenters. The van der Waals surface area contributed by atoms with Gasteiger partial charge in [-0.2, -0.15) is 0 Å². The maximum absolute atomic E-state index is 12.4. The van der Waals surface area contributed by atoms with Crippen LogP contribution in [0.15, 0.2) is 47.1 Å². The molecule has 3 N–H and O–H groups in total. The number of carbonyl (C=O) groups is 3. The van der Waals surface area contributed by atoms with E-state index >= 15 is 0 Å². The van der Waals surface area contributed by atoms with E-state index in [9.17, 15) is 14.4 Å². The Labute approximate surface area is 156 Å². The van der Waals surface area contributed by atoms with Crippen LogP contribution < -0.4 is 16.2 Å². The topological polar surface area (TPSA) is 104 Å². The zero-order chi connectivity index (χ0) is 19.2. The number of urea groups is 1. The lowest BCUT2D eigenvalue weighted by Crippen LogP contribution is -2.50. The van der Waals surface area contributed by atoms with Crippen molar-refractivity contribution in [2.45, 2.75) is 19.8 Å². The highest BCUT2D eigenvalue weighted by Crippen LogP contribution is 2.18. The van der Waals surface area contributed by atoms with Crippen molar-refractivity contribution >= 4 is 23.5 Å². The van der Waals surface area contributed by atoms with Crippen molar-refractivity contribution < 1.29 is 18.8 Å². The van der Waals surface area contributed by atoms with E-state index < -0.39 is 5.91 Å². The average Bonchev–Trinajstić information content (AvgIpc) is 3.12. The zero-order valence-corrected chi connectivity index (χ0v) is 15.0. The highest BCUT2D eigenvalue weighted by molar-refractivity contribution is 5.96. The van der Waals surface area contributed by atoms with Crippen molar-refractivity contribution in [3.63, 3.8) is 0 Å². The highest BCUT2D eigenvalue weighted by atomic mass is 16.3. The number of piperidine rings is 1. The van der Waals surface area contributed by atoms with Crippen LogP contribution in [-0.4, -0.2) is 35.8 Å². The Morgan fingerprint density at radius 2 is 1.89 bits per heavy atom. The van der Waals surface area contributed by atoms with Gasteiger partial charge >= 0.3 is 6.03 Å². The molecule has 0 spiro atoms. The Kier molecular flexibility index (Phi) is 5.75. The lowest BCUT2D eigenvalue weighted by atomic mass is 9.98. The highest BCUT2D eigenvalue weighted by Gasteiger charge is 2.29. The smallest absolute Gasteiger partial charge is 0.321 e. The van der Waals surface area contributed by atoms with Crippen molar-refractivity contribution in [2.75, 3.05) is 18.4 Å². The van der Waals surface area contributed by atoms with Crippen LogP contribution in [0.1, 0.15) is 29.0 Å². The van der Waals surface area contributed by atoms with Gasteiger partial charge in [0.15, 0.2) is 0 Å². The maximum atomic E-state index is 12.4. The Bertz CT molecular complexity index is 818. The number of likely N-dealkylation sites (tertiary alicyclic amines) is 1. The SMILES string of the molecule is Cc1occc1C(=O)NNC(=O)[C@@H]1CCCN(C(=O)Nc2ccccc2)C1. The van der Waals surface area contributed by atoms with Crippen molar-refractivity contribution in [1.29, 1.82) is 0 Å². The molecule has 1 aromatic carbocycles. The van der Waals surface area contributed by atoms with Gasteiger partial charge in [-0.05, 0) is 38.0 Å². The number of para-hydroxylation sites is 1. The number of hydrogen-bond acceptors (Lipinski definition) is 4. The van der Waals surface area contributed by atoms with Crippen LogP contribution >= 0.6 is 0 Å². The van der Waals surface area contributed by atoms with Gasteiger partial charge in [0.1, 0.15) is 5.76 Å². The summed E-state index contributed by atoms with van der Waals surface area (Å²) in [6.07, 6.45) is 2.78. The molecule has 1 aliphatic heterocycles. The number of furan rings is 1. The molecule has 2 aromatic rings. The van der Waals surface area contributed by atoms with E-state index in [1.165, 1.54) is 12.3 Å². The molecule has 1 atom stereocenters. The monoisotopic (exact) mass is 370 g/mol. The van der Waals surface area contributed by atoms with Gasteiger partial charge in [0.2, 0.25) is 5.91 Å². The van der Waals surface area contributed by atoms with E-state index in [1.54, 1.807) is 24.0 Å². The van der Waals surface area contributed by atoms with Gasteiger partial charge < -0.3 is 14.6 Å². The minimum atomic E-state index is -0.441. The van der Waals surface area contributed by atoms with Crippen LogP contribution in [0.25, 0.3) is 0 Å². The predicted octanol–water partition coefficient (Wildman–Crippen LogP) is 2.29. The third kappa shape index (κ3) is 4.66. The number of hydrazine groups is 1. The molecule has 3 rings (SSSR count). The lowest BCUT2D eigenvalue weighted by Gasteiger charge is -2.32. The molecule has 0 radical (unpaired) electrons. The van der Waals surface area contributed by atoms with Gasteiger partial charge in [-0.25, -0.2) is 4.79 Å². The number of amides is 4. The van der Waals surface area contributed by atoms with Crippen LogP contribution in [0.2, 0.25) is 0 Å². The van der Waals surface area contributed by atoms with E-state index in [1.807, 2.05) is 18.2 Å². The summed E-state index contributed by atoms with van der Waals surface area (Å²) in [5, 5.41) is 2.82. The largest absolute Gasteiger partial charge is 0.469 e. The zero-order valence-electron chi connectivity index (χ0n) is 15.0. The summed E-state index contributed by atoms with van der Waals surface area (Å²) in [6, 6.07) is 10.5. The fourth-order valence-electron chi connectivity index (χ4n) is 3.01. The van der Waals surface area contributed by atoms with Crippen molar-refractivity contribution in [3.8, 4) is 0 Å². The summed E-state index contributed by atoms with van der Waals surface area (Å²) < 4.78 is 5.07. The van der Waals surface area contributed by atoms with Crippen LogP contribution in [0.3, 0.4) is 0 Å². The second-order valence-electron chi connectivity index (χ2n) is 6.42. The Morgan fingerprint density at radius 1 is 1.11 bits per heavy atom. The number of nitrogens with one attached hydrogen (secondary N) is 3. The first-order valence-corrected chi connectivity index (χ1v) is 8.80. The molecule has 0 saturated carbocycles. The Balaban J connectivity index is 1.51. The van der Waals surface area contributed by atoms with Gasteiger partial charge in [-0.1, -0.05) is 18.2 Å². The van der Waals surface area contributed by atoms with Gasteiger partial charge in [0, 0.05) is 18.8 Å². The molecule has 1 fully saturated rings. The summed E-state index contributed by atoms with van der Waals surface area (Å²) in [6.45, 7) is 2.55. The van der Waals surface area contributed by atoms with Crippen LogP contribution in [0, 0.1) is 12.8 Å². The molecule has 2 heterocycles. The van der Waals surface area contributed by atoms with E-state index in [4.69, 9.17) is 4.42 Å². The third-order valence-electron chi connectivity index (χ3n) is 4.51. The number of anilines is 1. The van der Waals surface area contributed by atoms with E-state index in [0.717, 1.165) is 6.42 Å². The van der Waals surface area contributed by atoms with Crippen molar-refractivity contribution in [2.24, 2.45) is 5.92 Å². The fraction of sp³-hybridized carbons (Fsp3) is 0.316. The Hall–Kier alpha value is -3.29. The maximum Gasteiger partial charge on any atom is 0.321 e. The summed E-state index contributed by atoms with van der Waals surface area (Å²) in [4.78, 5) is 38.4. The van der Waals surface area contributed by atoms with Gasteiger partial charge in [-0.3, -0.25) is 20.4 Å². The van der Waals surface area contributed by atoms with E-state index in [0.29, 0.717) is 36.5 Å². The number of nitrogens with zero attached hydrogens (tertiary/aromatic N) is 1. The molecule has 4 amide bonds. The summed E-state index contributed by atoms with van der Waals surface area (Å²) in [5.74, 6) is -0.667. The minimum absolute atomic E-state index is 0.239. The first-order valence-electron chi connectivity index (χ1n) is 8.80. The number of rotatable bonds is 3. The normalized spacial score (nSPS) is 16.5. The van der Waals surface area contributed by atoms with E-state index in [2.05, 4.69) is 16.2 Å². The molecular weight excluding hydrogens is 348 g/mol. The average molecular weight is 370 g/mol. The number of hydrogen-bond donors (Lipinski definition) is 3. The molecule has 0 aliphatic carbocycles. The molecule has 1 aliphatic rings. The van der Waals surface area contributed by atoms with Crippen LogP contribution in [0.5, 0.6) is 0 Å². The first kappa shape index (κ1) is 18.5. The molecule has 1 aromatic heterocycles. The standard InChI is InChI=1S/C19H22N4O4/c1-13-16(9-11-27-13)18(25)22-21-17(24)14-6-5-10-23(12-14)19(26)20-15-7-3-2-4-8-15/h2-4,7-9,11,14H,5-6,10,12H2,1H3,(H,20,26)(H,21,24)(H,22,25)/t14-/m1/s1. The number of benzene rings is 1. The second-order valence-corrected chi connectivity index (χ2v) is 6.42. The van der Waals surface area contributed by atoms with Crippen molar-refractivity contribution in [3.05, 3.63) is 54.0 Å². The summed E-state index contributed by atoms with van der Waals surface area (Å²) in [7, 11) is 0. The first-order chi connectivity index (χ1) is 13.0. The summed E-state index contributed by atoms with van der Waals surface area (Å²) >= 11 is 0. The lowest BCUT2D eigenvalue weighted by molar-refractivity contribution is -0.127. The third-order valence-corrected chi connectivity index (χ3v) is 4.51. The predicted molar refractivity (Wildman–Crippen MR) is 98.8 cm³/mol. The summed E-state index contributed by atoms with van der Waals surface area (Å²) in [5.41, 5.74) is 5.90. The van der Waals surface area contributed by atoms with Crippen molar-refractivity contribution in [1.82, 2.24) is 15.8 Å². The van der Waals surface area contributed by atoms with E-state index in [-0.39, 0.29) is 17.9 Å². The number of carbonyl (C=O) groups excluding carboxylic acids is 3. The van der Waals surface area contributed by atoms with Crippen LogP contribution in [-0.2, 0) is 4.79 Å². The Morgan fingerprint density at radius 3 is 2.59 bits per heavy atom. The quantitative estimate of drug-likeness (QED) is 0.721. The molecule has 1 saturated heterocycles. The van der Waals surface area contributed by atoms with Gasteiger partial charge in [0.25, 0.3) is 5.91 Å². The molecule has 8 nitrogen and oxygen atoms in total. The molecule has 27 heavy (non-hydrogen) atoms. The molecular formula is C19H22N4O4. The molecule has 8 heteroatoms. The molecule has 0 bridgehead atoms. The minimum Gasteiger partial charge on any atom is -0.469 e.